The van der Waals surface area contributed by atoms with Gasteiger partial charge in [0.25, 0.3) is 0 Å². The number of hydrogen-bond donors (Lipinski definition) is 0. The summed E-state index contributed by atoms with van der Waals surface area (Å²) >= 11 is 0. The van der Waals surface area contributed by atoms with Crippen LogP contribution in [0.5, 0.6) is 0 Å². The lowest BCUT2D eigenvalue weighted by atomic mass is 9.79. The van der Waals surface area contributed by atoms with Crippen LogP contribution in [-0.4, -0.2) is 49.9 Å². The van der Waals surface area contributed by atoms with Crippen molar-refractivity contribution in [2.24, 2.45) is 0 Å². The molecule has 6 nitrogen and oxygen atoms in total. The van der Waals surface area contributed by atoms with Crippen molar-refractivity contribution in [3.05, 3.63) is 35.4 Å². The minimum atomic E-state index is -4.71. The van der Waals surface area contributed by atoms with Crippen LogP contribution in [0.1, 0.15) is 15.9 Å². The summed E-state index contributed by atoms with van der Waals surface area (Å²) in [6.45, 7) is -0.391. The van der Waals surface area contributed by atoms with Gasteiger partial charge in [-0.15, -0.1) is 0 Å². The van der Waals surface area contributed by atoms with E-state index in [0.717, 1.165) is 18.2 Å². The van der Waals surface area contributed by atoms with E-state index in [9.17, 15) is 27.6 Å². The van der Waals surface area contributed by atoms with Gasteiger partial charge >= 0.3 is 25.2 Å². The molecular formula is C14H13BF3NO5. The third-order valence-corrected chi connectivity index (χ3v) is 3.21. The quantitative estimate of drug-likeness (QED) is 0.610. The average molecular weight is 343 g/mol. The molecule has 1 aliphatic rings. The summed E-state index contributed by atoms with van der Waals surface area (Å²) in [6, 6.07) is 4.24. The molecule has 0 unspecified atom stereocenters. The predicted octanol–water partition coefficient (Wildman–Crippen LogP) is 1.41. The summed E-state index contributed by atoms with van der Waals surface area (Å²) in [5, 5.41) is 0. The number of halogens is 3. The molecule has 0 bridgehead atoms. The second-order valence-electron chi connectivity index (χ2n) is 5.25. The topological polar surface area (TPSA) is 72.9 Å². The average Bonchev–Trinajstić information content (AvgIpc) is 2.44. The number of ketones is 1. The largest absolute Gasteiger partial charge is 0.606 e. The third-order valence-electron chi connectivity index (χ3n) is 3.21. The van der Waals surface area contributed by atoms with Crippen molar-refractivity contribution < 1.29 is 36.9 Å². The smallest absolute Gasteiger partial charge is 0.498 e. The molecule has 0 N–H and O–H groups in total. The van der Waals surface area contributed by atoms with E-state index in [2.05, 4.69) is 0 Å². The van der Waals surface area contributed by atoms with E-state index >= 15 is 0 Å². The van der Waals surface area contributed by atoms with Gasteiger partial charge < -0.3 is 9.31 Å². The molecule has 1 aliphatic heterocycles. The lowest BCUT2D eigenvalue weighted by Crippen LogP contribution is -2.43. The van der Waals surface area contributed by atoms with E-state index < -0.39 is 48.5 Å². The summed E-state index contributed by atoms with van der Waals surface area (Å²) < 4.78 is 48.5. The van der Waals surface area contributed by atoms with Gasteiger partial charge in [-0.3, -0.25) is 19.3 Å². The molecule has 1 saturated heterocycles. The van der Waals surface area contributed by atoms with E-state index in [1.165, 1.54) is 18.0 Å². The zero-order valence-corrected chi connectivity index (χ0v) is 12.6. The molecule has 10 heteroatoms. The third kappa shape index (κ3) is 4.57. The van der Waals surface area contributed by atoms with Crippen molar-refractivity contribution in [3.63, 3.8) is 0 Å². The lowest BCUT2D eigenvalue weighted by Gasteiger charge is -2.22. The molecule has 128 valence electrons. The molecule has 1 fully saturated rings. The number of carbonyl (C=O) groups excluding carboxylic acids is 3. The highest BCUT2D eigenvalue weighted by Gasteiger charge is 2.38. The van der Waals surface area contributed by atoms with Crippen LogP contribution in [0, 0.1) is 0 Å². The fraction of sp³-hybridized carbons (Fsp3) is 0.357. The second-order valence-corrected chi connectivity index (χ2v) is 5.25. The predicted molar refractivity (Wildman–Crippen MR) is 76.0 cm³/mol. The van der Waals surface area contributed by atoms with E-state index in [-0.39, 0.29) is 13.1 Å². The van der Waals surface area contributed by atoms with Crippen LogP contribution >= 0.6 is 0 Å². The fourth-order valence-electron chi connectivity index (χ4n) is 2.21. The summed E-state index contributed by atoms with van der Waals surface area (Å²) in [5.74, 6) is -2.43. The monoisotopic (exact) mass is 343 g/mol. The Hall–Kier alpha value is -2.36. The molecule has 24 heavy (non-hydrogen) atoms. The van der Waals surface area contributed by atoms with Gasteiger partial charge in [0, 0.05) is 5.56 Å². The Morgan fingerprint density at radius 3 is 2.25 bits per heavy atom. The van der Waals surface area contributed by atoms with Crippen LogP contribution in [0.3, 0.4) is 0 Å². The molecule has 0 spiro atoms. The highest BCUT2D eigenvalue weighted by Crippen LogP contribution is 2.32. The number of alkyl halides is 3. The number of Topliss-reactive ketones (excluding diaryl/α,β-unsaturated/α-hetero) is 1. The van der Waals surface area contributed by atoms with Gasteiger partial charge in [-0.05, 0) is 13.1 Å². The normalized spacial score (nSPS) is 16.9. The van der Waals surface area contributed by atoms with E-state index in [1.807, 2.05) is 0 Å². The van der Waals surface area contributed by atoms with Crippen LogP contribution in [0.25, 0.3) is 0 Å². The maximum Gasteiger partial charge on any atom is 0.606 e. The van der Waals surface area contributed by atoms with E-state index in [0.29, 0.717) is 0 Å². The molecular weight excluding hydrogens is 330 g/mol. The molecule has 0 amide bonds. The number of nitrogens with zero attached hydrogens (tertiary/aromatic N) is 1. The Labute approximate surface area is 135 Å². The minimum Gasteiger partial charge on any atom is -0.498 e. The van der Waals surface area contributed by atoms with Gasteiger partial charge in [0.05, 0.1) is 25.0 Å². The molecule has 1 aromatic carbocycles. The molecule has 2 rings (SSSR count). The number of hydrogen-bond acceptors (Lipinski definition) is 6. The first-order valence-corrected chi connectivity index (χ1v) is 6.93. The van der Waals surface area contributed by atoms with Crippen LogP contribution < -0.4 is 0 Å². The van der Waals surface area contributed by atoms with Crippen LogP contribution in [-0.2, 0) is 25.1 Å². The lowest BCUT2D eigenvalue weighted by molar-refractivity contribution is -0.145. The SMILES string of the molecule is CN1CC(=O)OB(CC(=O)c2ccccc2C(F)(F)F)OC(=O)C1. The van der Waals surface area contributed by atoms with Crippen molar-refractivity contribution in [1.82, 2.24) is 4.90 Å². The number of rotatable bonds is 3. The highest BCUT2D eigenvalue weighted by atomic mass is 19.4. The summed E-state index contributed by atoms with van der Waals surface area (Å²) in [6.07, 6.45) is -5.39. The maximum absolute atomic E-state index is 12.9. The van der Waals surface area contributed by atoms with Crippen molar-refractivity contribution >= 4 is 24.8 Å². The van der Waals surface area contributed by atoms with Gasteiger partial charge in [-0.25, -0.2) is 0 Å². The van der Waals surface area contributed by atoms with Crippen LogP contribution in [0.4, 0.5) is 13.2 Å². The van der Waals surface area contributed by atoms with Crippen LogP contribution in [0.2, 0.25) is 6.32 Å². The minimum absolute atomic E-state index is 0.196. The fourth-order valence-corrected chi connectivity index (χ4v) is 2.21. The molecule has 0 aromatic heterocycles. The van der Waals surface area contributed by atoms with Gasteiger partial charge in [0.2, 0.25) is 0 Å². The first kappa shape index (κ1) is 18.0. The standard InChI is InChI=1S/C14H13BF3NO5/c1-19-7-12(21)23-15(24-13(22)8-19)6-11(20)9-4-2-3-5-10(9)14(16,17)18/h2-5H,6-8H2,1H3. The Morgan fingerprint density at radius 1 is 1.17 bits per heavy atom. The highest BCUT2D eigenvalue weighted by molar-refractivity contribution is 6.54. The molecule has 0 saturated carbocycles. The van der Waals surface area contributed by atoms with Crippen molar-refractivity contribution in [3.8, 4) is 0 Å². The number of likely N-dealkylation sites (N-methyl/N-ethyl adjacent to an activating group) is 1. The zero-order valence-electron chi connectivity index (χ0n) is 12.6. The zero-order chi connectivity index (χ0) is 17.9. The van der Waals surface area contributed by atoms with Gasteiger partial charge in [-0.1, -0.05) is 18.2 Å². The van der Waals surface area contributed by atoms with E-state index in [1.54, 1.807) is 0 Å². The van der Waals surface area contributed by atoms with Gasteiger partial charge in [-0.2, -0.15) is 13.2 Å². The molecule has 1 aromatic rings. The van der Waals surface area contributed by atoms with Crippen LogP contribution in [0.15, 0.2) is 24.3 Å². The Bertz CT molecular complexity index is 644. The number of carbonyl (C=O) groups is 3. The van der Waals surface area contributed by atoms with Crippen molar-refractivity contribution in [1.29, 1.82) is 0 Å². The van der Waals surface area contributed by atoms with E-state index in [4.69, 9.17) is 9.31 Å². The first-order valence-electron chi connectivity index (χ1n) is 6.93. The van der Waals surface area contributed by atoms with Gasteiger partial charge in [0.15, 0.2) is 5.78 Å². The Kier molecular flexibility index (Phi) is 5.28. The Morgan fingerprint density at radius 2 is 1.71 bits per heavy atom. The number of benzene rings is 1. The molecule has 0 aliphatic carbocycles. The maximum atomic E-state index is 12.9. The molecule has 1 heterocycles. The summed E-state index contributed by atoms with van der Waals surface area (Å²) in [5.41, 5.74) is -1.67. The Balaban J connectivity index is 2.17. The first-order chi connectivity index (χ1) is 11.2. The molecule has 0 radical (unpaired) electrons. The van der Waals surface area contributed by atoms with Gasteiger partial charge in [0.1, 0.15) is 0 Å². The molecule has 0 atom stereocenters. The van der Waals surface area contributed by atoms with Crippen molar-refractivity contribution in [2.75, 3.05) is 20.1 Å². The second kappa shape index (κ2) is 7.04. The summed E-state index contributed by atoms with van der Waals surface area (Å²) in [7, 11) is -0.0550. The summed E-state index contributed by atoms with van der Waals surface area (Å²) in [4.78, 5) is 36.6. The van der Waals surface area contributed by atoms with Crippen molar-refractivity contribution in [2.45, 2.75) is 12.5 Å².